The molecule has 2 amide bonds. The van der Waals surface area contributed by atoms with Gasteiger partial charge in [-0.1, -0.05) is 13.2 Å². The largest absolute Gasteiger partial charge is 0.462 e. The lowest BCUT2D eigenvalue weighted by molar-refractivity contribution is -0.130. The normalized spacial score (nSPS) is 29.2. The highest BCUT2D eigenvalue weighted by atomic mass is 32.1. The topological polar surface area (TPSA) is 160 Å². The van der Waals surface area contributed by atoms with Crippen molar-refractivity contribution in [2.75, 3.05) is 82.9 Å². The summed E-state index contributed by atoms with van der Waals surface area (Å²) in [5.74, 6) is 2.11. The maximum atomic E-state index is 13.2. The number of carbonyl (C=O) groups is 2. The minimum absolute atomic E-state index is 0.00769. The quantitative estimate of drug-likeness (QED) is 0.0828. The molecular weight excluding hydrogens is 1050 g/mol. The first-order chi connectivity index (χ1) is 39.3. The molecule has 4 saturated heterocycles. The minimum atomic E-state index is -0.282. The first-order valence-electron chi connectivity index (χ1n) is 30.1. The van der Waals surface area contributed by atoms with Crippen molar-refractivity contribution in [1.82, 2.24) is 39.5 Å². The van der Waals surface area contributed by atoms with Crippen molar-refractivity contribution in [2.24, 2.45) is 15.8 Å². The molecule has 4 aromatic heterocycles. The molecule has 2 spiro atoms. The van der Waals surface area contributed by atoms with E-state index in [1.54, 1.807) is 5.56 Å². The number of aromatic nitrogens is 4. The van der Waals surface area contributed by atoms with Crippen LogP contribution >= 0.6 is 22.7 Å². The summed E-state index contributed by atoms with van der Waals surface area (Å²) in [4.78, 5) is 68.1. The number of aryl methyl sites for hydroxylation is 1. The van der Waals surface area contributed by atoms with E-state index in [0.717, 1.165) is 132 Å². The van der Waals surface area contributed by atoms with E-state index in [2.05, 4.69) is 95.3 Å². The summed E-state index contributed by atoms with van der Waals surface area (Å²) < 4.78 is 13.4. The number of likely N-dealkylation sites (tertiary alicyclic amines) is 2. The zero-order valence-electron chi connectivity index (χ0n) is 48.3. The van der Waals surface area contributed by atoms with Crippen molar-refractivity contribution in [3.8, 4) is 18.1 Å². The molecule has 0 saturated carbocycles. The number of rotatable bonds is 15. The van der Waals surface area contributed by atoms with E-state index >= 15 is 0 Å². The Morgan fingerprint density at radius 3 is 1.98 bits per heavy atom. The Bertz CT molecular complexity index is 3100. The molecule has 0 aromatic carbocycles. The van der Waals surface area contributed by atoms with Gasteiger partial charge in [-0.3, -0.25) is 14.5 Å². The second kappa shape index (κ2) is 23.1. The smallest absolute Gasteiger partial charge is 0.318 e. The van der Waals surface area contributed by atoms with Gasteiger partial charge >= 0.3 is 12.0 Å². The molecule has 16 nitrogen and oxygen atoms in total. The van der Waals surface area contributed by atoms with Gasteiger partial charge in [-0.2, -0.15) is 25.2 Å². The predicted octanol–water partition coefficient (Wildman–Crippen LogP) is 8.25. The molecule has 430 valence electrons. The fourth-order valence-electron chi connectivity index (χ4n) is 16.0. The van der Waals surface area contributed by atoms with Gasteiger partial charge in [0, 0.05) is 84.3 Å². The molecule has 12 rings (SSSR count). The second-order valence-electron chi connectivity index (χ2n) is 25.2. The van der Waals surface area contributed by atoms with Crippen molar-refractivity contribution < 1.29 is 19.1 Å². The summed E-state index contributed by atoms with van der Waals surface area (Å²) in [6, 6.07) is 5.70. The van der Waals surface area contributed by atoms with Crippen LogP contribution in [-0.4, -0.2) is 167 Å². The maximum Gasteiger partial charge on any atom is 0.318 e. The molecule has 4 aliphatic carbocycles. The number of likely N-dealkylation sites (N-methyl/N-ethyl adjacent to an activating group) is 2. The van der Waals surface area contributed by atoms with E-state index in [9.17, 15) is 14.9 Å². The summed E-state index contributed by atoms with van der Waals surface area (Å²) in [5, 5.41) is 14.7. The summed E-state index contributed by atoms with van der Waals surface area (Å²) in [7, 11) is 4.43. The van der Waals surface area contributed by atoms with E-state index in [1.807, 2.05) is 32.5 Å². The fourth-order valence-corrected chi connectivity index (χ4v) is 18.2. The van der Waals surface area contributed by atoms with Gasteiger partial charge in [0.1, 0.15) is 24.8 Å². The molecule has 8 heterocycles. The van der Waals surface area contributed by atoms with Crippen molar-refractivity contribution in [3.05, 3.63) is 91.1 Å². The fraction of sp³-hybridized carbons (Fsp3) is 0.619. The lowest BCUT2D eigenvalue weighted by Crippen LogP contribution is -2.60. The predicted molar refractivity (Wildman–Crippen MR) is 320 cm³/mol. The van der Waals surface area contributed by atoms with Gasteiger partial charge in [0.05, 0.1) is 36.0 Å². The molecule has 8 aliphatic rings. The SMILES string of the molecule is C=CC(=O)N1CCN(c2nc(OCC3CC(c4csc5c4CCC4(CCc6c(nc(OCC7CCCN7C)nc6N6CCN(C(=O)C=C)C(CCN=C)C6C)C4)C5)CN3C)nc3c2CCC2(CCc4sccc4C2)C3)C(C)C1CC#N. The number of carbonyl (C=O) groups excluding carboxylic acids is 2. The molecule has 9 unspecified atom stereocenters. The monoisotopic (exact) mass is 1130 g/mol. The molecule has 4 aromatic rings. The van der Waals surface area contributed by atoms with Crippen molar-refractivity contribution in [1.29, 1.82) is 5.26 Å². The van der Waals surface area contributed by atoms with Crippen LogP contribution in [0.15, 0.2) is 47.1 Å². The Labute approximate surface area is 487 Å². The Morgan fingerprint density at radius 2 is 1.36 bits per heavy atom. The van der Waals surface area contributed by atoms with Crippen LogP contribution in [0.3, 0.4) is 0 Å². The maximum absolute atomic E-state index is 13.2. The molecule has 0 radical (unpaired) electrons. The van der Waals surface area contributed by atoms with Crippen LogP contribution < -0.4 is 19.3 Å². The number of piperazine rings is 2. The van der Waals surface area contributed by atoms with Gasteiger partial charge < -0.3 is 39.0 Å². The first-order valence-corrected chi connectivity index (χ1v) is 31.9. The molecule has 4 aliphatic heterocycles. The van der Waals surface area contributed by atoms with Gasteiger partial charge in [0.2, 0.25) is 11.8 Å². The van der Waals surface area contributed by atoms with Gasteiger partial charge in [-0.05, 0) is 206 Å². The van der Waals surface area contributed by atoms with Crippen LogP contribution in [-0.2, 0) is 61.0 Å². The molecule has 4 fully saturated rings. The Hall–Kier alpha value is -5.74. The van der Waals surface area contributed by atoms with E-state index in [-0.39, 0.29) is 59.3 Å². The van der Waals surface area contributed by atoms with Gasteiger partial charge in [0.25, 0.3) is 0 Å². The summed E-state index contributed by atoms with van der Waals surface area (Å²) >= 11 is 3.86. The van der Waals surface area contributed by atoms with Crippen LogP contribution in [0, 0.1) is 22.2 Å². The standard InChI is InChI=1S/C63H82N12O4S2/c1-8-56(76)74-28-26-72(40(3)52(74)16-23-64)58-47-13-20-62(22-15-54-42(32-62)18-30-80-54)33-50(47)66-61(69-58)79-38-45-31-43(36-71(45)7)49-39-81-55-35-63(19-12-46(49)55)21-14-48-51(34-63)67-60(78-37-44-11-10-25-70(44)6)68-59(48)73-27-29-75(57(77)9-2)53(41(73)4)17-24-65-5/h8-9,18,30,39-41,43-45,52-53H,1-2,5,10-17,19-22,24-29,31-38H2,3-4,6-7H3. The molecule has 81 heavy (non-hydrogen) atoms. The second-order valence-corrected chi connectivity index (χ2v) is 27.1. The molecule has 0 N–H and O–H groups in total. The number of hydrogen-bond acceptors (Lipinski definition) is 16. The summed E-state index contributed by atoms with van der Waals surface area (Å²) in [6.07, 6.45) is 19.5. The zero-order chi connectivity index (χ0) is 56.2. The van der Waals surface area contributed by atoms with E-state index in [1.165, 1.54) is 50.6 Å². The van der Waals surface area contributed by atoms with Gasteiger partial charge in [-0.25, -0.2) is 0 Å². The minimum Gasteiger partial charge on any atom is -0.462 e. The van der Waals surface area contributed by atoms with Crippen LogP contribution in [0.5, 0.6) is 12.0 Å². The average Bonchev–Trinajstić information content (AvgIpc) is 4.48. The highest BCUT2D eigenvalue weighted by Gasteiger charge is 2.46. The average molecular weight is 1140 g/mol. The summed E-state index contributed by atoms with van der Waals surface area (Å²) in [6.45, 7) is 21.8. The van der Waals surface area contributed by atoms with Crippen LogP contribution in [0.2, 0.25) is 0 Å². The third-order valence-electron chi connectivity index (χ3n) is 20.7. The van der Waals surface area contributed by atoms with Gasteiger partial charge in [0.15, 0.2) is 0 Å². The Balaban J connectivity index is 0.760. The third-order valence-corrected chi connectivity index (χ3v) is 22.8. The zero-order valence-corrected chi connectivity index (χ0v) is 49.9. The number of hydrogen-bond donors (Lipinski definition) is 0. The van der Waals surface area contributed by atoms with Crippen LogP contribution in [0.1, 0.15) is 127 Å². The van der Waals surface area contributed by atoms with E-state index in [4.69, 9.17) is 29.4 Å². The number of nitrogens with zero attached hydrogens (tertiary/aromatic N) is 12. The molecule has 0 bridgehead atoms. The number of thiophene rings is 2. The van der Waals surface area contributed by atoms with E-state index < -0.39 is 0 Å². The number of ether oxygens (including phenoxy) is 2. The lowest BCUT2D eigenvalue weighted by Gasteiger charge is -2.48. The van der Waals surface area contributed by atoms with Crippen molar-refractivity contribution in [3.63, 3.8) is 0 Å². The Morgan fingerprint density at radius 1 is 0.753 bits per heavy atom. The molecular formula is C63H82N12O4S2. The number of aliphatic imine (C=N–C) groups is 1. The van der Waals surface area contributed by atoms with E-state index in [0.29, 0.717) is 69.9 Å². The van der Waals surface area contributed by atoms with Crippen molar-refractivity contribution >= 4 is 52.8 Å². The molecule has 18 heteroatoms. The summed E-state index contributed by atoms with van der Waals surface area (Å²) in [5.41, 5.74) is 9.52. The van der Waals surface area contributed by atoms with Crippen molar-refractivity contribution in [2.45, 2.75) is 165 Å². The lowest BCUT2D eigenvalue weighted by atomic mass is 9.64. The number of amides is 2. The van der Waals surface area contributed by atoms with Crippen LogP contribution in [0.25, 0.3) is 0 Å². The van der Waals surface area contributed by atoms with Gasteiger partial charge in [-0.15, -0.1) is 22.7 Å². The highest BCUT2D eigenvalue weighted by molar-refractivity contribution is 7.10. The Kier molecular flexibility index (Phi) is 15.9. The molecule has 9 atom stereocenters. The first kappa shape index (κ1) is 55.8. The van der Waals surface area contributed by atoms with Crippen LogP contribution in [0.4, 0.5) is 11.6 Å². The number of nitriles is 1. The number of anilines is 2. The number of fused-ring (bicyclic) bond motifs is 4. The third kappa shape index (κ3) is 10.7. The highest BCUT2D eigenvalue weighted by Crippen LogP contribution is 2.52.